The smallest absolute Gasteiger partial charge is 0.253 e. The molecule has 0 bridgehead atoms. The SMILES string of the molecule is O=C(Nc1ccc(C2CN(C(=O)c3cccc(F)c3)C2)cc1)C1CCN(c2cccnn2)C1. The summed E-state index contributed by atoms with van der Waals surface area (Å²) in [4.78, 5) is 29.0. The molecule has 1 atom stereocenters. The Balaban J connectivity index is 1.13. The molecule has 5 rings (SSSR count). The van der Waals surface area contributed by atoms with E-state index in [1.807, 2.05) is 36.4 Å². The molecule has 0 radical (unpaired) electrons. The van der Waals surface area contributed by atoms with E-state index in [4.69, 9.17) is 0 Å². The van der Waals surface area contributed by atoms with E-state index >= 15 is 0 Å². The highest BCUT2D eigenvalue weighted by Gasteiger charge is 2.32. The van der Waals surface area contributed by atoms with E-state index < -0.39 is 5.82 Å². The first-order valence-electron chi connectivity index (χ1n) is 11.0. The number of hydrogen-bond donors (Lipinski definition) is 1. The van der Waals surface area contributed by atoms with Crippen LogP contribution in [0.25, 0.3) is 0 Å². The molecule has 1 aromatic heterocycles. The molecule has 1 N–H and O–H groups in total. The van der Waals surface area contributed by atoms with Crippen molar-refractivity contribution in [2.45, 2.75) is 12.3 Å². The molecule has 1 unspecified atom stereocenters. The van der Waals surface area contributed by atoms with E-state index in [0.717, 1.165) is 30.0 Å². The molecule has 2 aromatic carbocycles. The van der Waals surface area contributed by atoms with E-state index in [-0.39, 0.29) is 23.7 Å². The number of rotatable bonds is 5. The molecule has 3 aromatic rings. The van der Waals surface area contributed by atoms with Crippen molar-refractivity contribution in [2.24, 2.45) is 5.92 Å². The first kappa shape index (κ1) is 21.1. The number of amides is 2. The third kappa shape index (κ3) is 4.55. The molecule has 2 amide bonds. The van der Waals surface area contributed by atoms with Crippen LogP contribution >= 0.6 is 0 Å². The summed E-state index contributed by atoms with van der Waals surface area (Å²) in [6.07, 6.45) is 2.41. The Kier molecular flexibility index (Phi) is 5.73. The third-order valence-electron chi connectivity index (χ3n) is 6.33. The molecule has 7 nitrogen and oxygen atoms in total. The van der Waals surface area contributed by atoms with Gasteiger partial charge in [0.2, 0.25) is 5.91 Å². The monoisotopic (exact) mass is 445 g/mol. The zero-order valence-corrected chi connectivity index (χ0v) is 18.0. The fourth-order valence-electron chi connectivity index (χ4n) is 4.39. The molecule has 0 aliphatic carbocycles. The highest BCUT2D eigenvalue weighted by molar-refractivity contribution is 5.95. The van der Waals surface area contributed by atoms with Crippen molar-refractivity contribution in [1.82, 2.24) is 15.1 Å². The van der Waals surface area contributed by atoms with Crippen LogP contribution in [0, 0.1) is 11.7 Å². The van der Waals surface area contributed by atoms with Crippen LogP contribution in [0.3, 0.4) is 0 Å². The van der Waals surface area contributed by atoms with Gasteiger partial charge in [0, 0.05) is 49.5 Å². The van der Waals surface area contributed by atoms with Gasteiger partial charge in [-0.05, 0) is 54.4 Å². The Labute approximate surface area is 191 Å². The van der Waals surface area contributed by atoms with E-state index in [1.54, 1.807) is 23.2 Å². The van der Waals surface area contributed by atoms with Crippen LogP contribution < -0.4 is 10.2 Å². The van der Waals surface area contributed by atoms with Crippen LogP contribution in [0.2, 0.25) is 0 Å². The molecule has 2 aliphatic rings. The standard InChI is InChI=1S/C25H24FN5O2/c26-21-4-1-3-18(13-21)25(33)31-15-20(16-31)17-6-8-22(9-7-17)28-24(32)19-10-12-30(14-19)23-5-2-11-27-29-23/h1-9,11,13,19-20H,10,12,14-16H2,(H,28,32). The number of aromatic nitrogens is 2. The normalized spacial score (nSPS) is 18.2. The van der Waals surface area contributed by atoms with Crippen molar-refractivity contribution in [2.75, 3.05) is 36.4 Å². The van der Waals surface area contributed by atoms with Gasteiger partial charge in [0.05, 0.1) is 5.92 Å². The number of likely N-dealkylation sites (tertiary alicyclic amines) is 1. The zero-order valence-electron chi connectivity index (χ0n) is 18.0. The molecule has 33 heavy (non-hydrogen) atoms. The van der Waals surface area contributed by atoms with Crippen LogP contribution in [-0.2, 0) is 4.79 Å². The molecule has 168 valence electrons. The first-order chi connectivity index (χ1) is 16.1. The molecule has 0 saturated carbocycles. The molecule has 8 heteroatoms. The van der Waals surface area contributed by atoms with Gasteiger partial charge < -0.3 is 15.1 Å². The summed E-state index contributed by atoms with van der Waals surface area (Å²) in [6, 6.07) is 17.3. The van der Waals surface area contributed by atoms with Crippen LogP contribution in [0.1, 0.15) is 28.3 Å². The second-order valence-electron chi connectivity index (χ2n) is 8.54. The Morgan fingerprint density at radius 2 is 1.82 bits per heavy atom. The molecule has 3 heterocycles. The van der Waals surface area contributed by atoms with E-state index in [0.29, 0.717) is 25.2 Å². The van der Waals surface area contributed by atoms with Gasteiger partial charge in [-0.1, -0.05) is 18.2 Å². The Morgan fingerprint density at radius 1 is 1.00 bits per heavy atom. The van der Waals surface area contributed by atoms with Gasteiger partial charge in [0.1, 0.15) is 5.82 Å². The number of carbonyl (C=O) groups is 2. The molecule has 0 spiro atoms. The van der Waals surface area contributed by atoms with E-state index in [1.165, 1.54) is 12.1 Å². The molecular formula is C25H24FN5O2. The van der Waals surface area contributed by atoms with Crippen LogP contribution in [0.4, 0.5) is 15.9 Å². The van der Waals surface area contributed by atoms with Gasteiger partial charge in [0.15, 0.2) is 5.82 Å². The van der Waals surface area contributed by atoms with Gasteiger partial charge in [0.25, 0.3) is 5.91 Å². The third-order valence-corrected chi connectivity index (χ3v) is 6.33. The van der Waals surface area contributed by atoms with Crippen LogP contribution in [0.15, 0.2) is 66.9 Å². The van der Waals surface area contributed by atoms with Crippen LogP contribution in [0.5, 0.6) is 0 Å². The Bertz CT molecular complexity index is 1150. The molecule has 2 saturated heterocycles. The van der Waals surface area contributed by atoms with E-state index in [9.17, 15) is 14.0 Å². The van der Waals surface area contributed by atoms with Gasteiger partial charge in [-0.2, -0.15) is 5.10 Å². The summed E-state index contributed by atoms with van der Waals surface area (Å²) in [6.45, 7) is 2.60. The maximum absolute atomic E-state index is 13.4. The quantitative estimate of drug-likeness (QED) is 0.652. The number of nitrogens with zero attached hydrogens (tertiary/aromatic N) is 4. The number of nitrogens with one attached hydrogen (secondary N) is 1. The maximum Gasteiger partial charge on any atom is 0.253 e. The number of benzene rings is 2. The zero-order chi connectivity index (χ0) is 22.8. The van der Waals surface area contributed by atoms with Gasteiger partial charge in [-0.25, -0.2) is 4.39 Å². The summed E-state index contributed by atoms with van der Waals surface area (Å²) in [5.74, 6) is 0.381. The van der Waals surface area contributed by atoms with E-state index in [2.05, 4.69) is 20.4 Å². The van der Waals surface area contributed by atoms with Gasteiger partial charge >= 0.3 is 0 Å². The predicted molar refractivity (Wildman–Crippen MR) is 122 cm³/mol. The number of anilines is 2. The number of hydrogen-bond acceptors (Lipinski definition) is 5. The molecule has 2 fully saturated rings. The van der Waals surface area contributed by atoms with Crippen molar-refractivity contribution in [3.8, 4) is 0 Å². The highest BCUT2D eigenvalue weighted by atomic mass is 19.1. The van der Waals surface area contributed by atoms with Crippen molar-refractivity contribution in [3.05, 3.63) is 83.8 Å². The summed E-state index contributed by atoms with van der Waals surface area (Å²) in [5, 5.41) is 11.0. The summed E-state index contributed by atoms with van der Waals surface area (Å²) < 4.78 is 13.4. The lowest BCUT2D eigenvalue weighted by atomic mass is 9.90. The minimum atomic E-state index is -0.408. The average molecular weight is 445 g/mol. The van der Waals surface area contributed by atoms with Gasteiger partial charge in [-0.15, -0.1) is 5.10 Å². The lowest BCUT2D eigenvalue weighted by Gasteiger charge is -2.39. The van der Waals surface area contributed by atoms with Crippen molar-refractivity contribution >= 4 is 23.3 Å². The lowest BCUT2D eigenvalue weighted by Crippen LogP contribution is -2.48. The minimum Gasteiger partial charge on any atom is -0.354 e. The fraction of sp³-hybridized carbons (Fsp3) is 0.280. The largest absolute Gasteiger partial charge is 0.354 e. The highest BCUT2D eigenvalue weighted by Crippen LogP contribution is 2.30. The fourth-order valence-corrected chi connectivity index (χ4v) is 4.39. The lowest BCUT2D eigenvalue weighted by molar-refractivity contribution is -0.119. The predicted octanol–water partition coefficient (Wildman–Crippen LogP) is 3.32. The van der Waals surface area contributed by atoms with Crippen molar-refractivity contribution < 1.29 is 14.0 Å². The van der Waals surface area contributed by atoms with Crippen molar-refractivity contribution in [1.29, 1.82) is 0 Å². The van der Waals surface area contributed by atoms with Gasteiger partial charge in [-0.3, -0.25) is 9.59 Å². The minimum absolute atomic E-state index is 0.00431. The number of halogens is 1. The summed E-state index contributed by atoms with van der Waals surface area (Å²) >= 11 is 0. The summed E-state index contributed by atoms with van der Waals surface area (Å²) in [7, 11) is 0. The second-order valence-corrected chi connectivity index (χ2v) is 8.54. The Hall–Kier alpha value is -3.81. The molecule has 2 aliphatic heterocycles. The first-order valence-corrected chi connectivity index (χ1v) is 11.0. The van der Waals surface area contributed by atoms with Crippen molar-refractivity contribution in [3.63, 3.8) is 0 Å². The average Bonchev–Trinajstić information content (AvgIpc) is 3.30. The summed E-state index contributed by atoms with van der Waals surface area (Å²) in [5.41, 5.74) is 2.25. The van der Waals surface area contributed by atoms with Crippen LogP contribution in [-0.4, -0.2) is 53.1 Å². The number of carbonyl (C=O) groups excluding carboxylic acids is 2. The maximum atomic E-state index is 13.4. The second kappa shape index (κ2) is 8.97. The Morgan fingerprint density at radius 3 is 2.55 bits per heavy atom. The topological polar surface area (TPSA) is 78.4 Å². The molecular weight excluding hydrogens is 421 g/mol.